The maximum atomic E-state index is 13.7. The van der Waals surface area contributed by atoms with Crippen molar-refractivity contribution in [1.82, 2.24) is 0 Å². The van der Waals surface area contributed by atoms with Crippen molar-refractivity contribution >= 4 is 0 Å². The SMILES string of the molecule is O[C@@](c1ccc(F)cc1)(C1CCCCC1)[C@@H](C[NH+]1CCOCC1)c1ccccc1. The lowest BCUT2D eigenvalue weighted by molar-refractivity contribution is -0.910. The molecule has 3 nitrogen and oxygen atoms in total. The summed E-state index contributed by atoms with van der Waals surface area (Å²) in [6.45, 7) is 4.34. The number of rotatable bonds is 6. The molecule has 0 unspecified atom stereocenters. The Morgan fingerprint density at radius 1 is 0.966 bits per heavy atom. The Bertz CT molecular complexity index is 754. The van der Waals surface area contributed by atoms with Crippen molar-refractivity contribution in [1.29, 1.82) is 0 Å². The second-order valence-electron chi connectivity index (χ2n) is 8.70. The molecule has 1 aliphatic carbocycles. The van der Waals surface area contributed by atoms with E-state index in [1.54, 1.807) is 12.1 Å². The van der Waals surface area contributed by atoms with Gasteiger partial charge in [-0.1, -0.05) is 61.7 Å². The number of morpholine rings is 1. The topological polar surface area (TPSA) is 33.9 Å². The Morgan fingerprint density at radius 2 is 1.62 bits per heavy atom. The van der Waals surface area contributed by atoms with E-state index in [1.807, 2.05) is 6.07 Å². The van der Waals surface area contributed by atoms with Gasteiger partial charge in [-0.25, -0.2) is 4.39 Å². The first kappa shape index (κ1) is 20.5. The van der Waals surface area contributed by atoms with Gasteiger partial charge < -0.3 is 14.7 Å². The fraction of sp³-hybridized carbons (Fsp3) is 0.520. The van der Waals surface area contributed by atoms with Gasteiger partial charge in [-0.2, -0.15) is 0 Å². The van der Waals surface area contributed by atoms with Gasteiger partial charge in [0.2, 0.25) is 0 Å². The zero-order valence-corrected chi connectivity index (χ0v) is 17.2. The number of hydrogen-bond donors (Lipinski definition) is 2. The first-order valence-corrected chi connectivity index (χ1v) is 11.1. The van der Waals surface area contributed by atoms with Gasteiger partial charge in [0.1, 0.15) is 24.5 Å². The molecule has 2 aromatic rings. The molecule has 0 amide bonds. The van der Waals surface area contributed by atoms with Crippen LogP contribution in [0.3, 0.4) is 0 Å². The summed E-state index contributed by atoms with van der Waals surface area (Å²) in [6, 6.07) is 17.0. The van der Waals surface area contributed by atoms with Gasteiger partial charge in [0.25, 0.3) is 0 Å². The molecule has 0 aromatic heterocycles. The number of aliphatic hydroxyl groups is 1. The van der Waals surface area contributed by atoms with E-state index < -0.39 is 5.60 Å². The first-order chi connectivity index (χ1) is 14.2. The van der Waals surface area contributed by atoms with Crippen molar-refractivity contribution in [3.05, 3.63) is 71.5 Å². The predicted molar refractivity (Wildman–Crippen MR) is 112 cm³/mol. The summed E-state index contributed by atoms with van der Waals surface area (Å²) in [4.78, 5) is 1.47. The molecule has 1 heterocycles. The highest BCUT2D eigenvalue weighted by molar-refractivity contribution is 5.33. The molecule has 29 heavy (non-hydrogen) atoms. The molecule has 2 fully saturated rings. The van der Waals surface area contributed by atoms with Gasteiger partial charge in [0.05, 0.1) is 25.7 Å². The number of benzene rings is 2. The van der Waals surface area contributed by atoms with Crippen molar-refractivity contribution in [3.63, 3.8) is 0 Å². The number of nitrogens with one attached hydrogen (secondary N) is 1. The molecule has 1 saturated carbocycles. The van der Waals surface area contributed by atoms with E-state index in [-0.39, 0.29) is 17.7 Å². The van der Waals surface area contributed by atoms with Gasteiger partial charge in [-0.05, 0) is 42.0 Å². The van der Waals surface area contributed by atoms with Gasteiger partial charge >= 0.3 is 0 Å². The van der Waals surface area contributed by atoms with Crippen LogP contribution in [0, 0.1) is 11.7 Å². The Morgan fingerprint density at radius 3 is 2.28 bits per heavy atom. The third kappa shape index (κ3) is 4.55. The lowest BCUT2D eigenvalue weighted by Gasteiger charge is -2.45. The number of quaternary nitrogens is 1. The molecule has 2 N–H and O–H groups in total. The molecule has 0 bridgehead atoms. The van der Waals surface area contributed by atoms with Crippen molar-refractivity contribution in [2.45, 2.75) is 43.6 Å². The third-order valence-corrected chi connectivity index (χ3v) is 6.96. The lowest BCUT2D eigenvalue weighted by Crippen LogP contribution is -3.14. The van der Waals surface area contributed by atoms with Crippen molar-refractivity contribution < 1.29 is 19.1 Å². The molecule has 2 aromatic carbocycles. The van der Waals surface area contributed by atoms with Crippen LogP contribution < -0.4 is 4.90 Å². The van der Waals surface area contributed by atoms with Crippen LogP contribution in [0.15, 0.2) is 54.6 Å². The zero-order chi connectivity index (χ0) is 20.1. The molecule has 0 radical (unpaired) electrons. The Labute approximate surface area is 173 Å². The molecule has 1 saturated heterocycles. The molecule has 2 atom stereocenters. The van der Waals surface area contributed by atoms with Crippen LogP contribution in [-0.2, 0) is 10.3 Å². The fourth-order valence-electron chi connectivity index (χ4n) is 5.35. The van der Waals surface area contributed by atoms with Crippen molar-refractivity contribution in [2.24, 2.45) is 5.92 Å². The van der Waals surface area contributed by atoms with E-state index in [4.69, 9.17) is 4.74 Å². The molecular formula is C25H33FNO2+. The second-order valence-corrected chi connectivity index (χ2v) is 8.70. The highest BCUT2D eigenvalue weighted by Gasteiger charge is 2.47. The smallest absolute Gasteiger partial charge is 0.123 e. The van der Waals surface area contributed by atoms with E-state index in [0.717, 1.165) is 64.1 Å². The van der Waals surface area contributed by atoms with Crippen molar-refractivity contribution in [3.8, 4) is 0 Å². The summed E-state index contributed by atoms with van der Waals surface area (Å²) < 4.78 is 19.3. The van der Waals surface area contributed by atoms with Crippen LogP contribution in [-0.4, -0.2) is 38.0 Å². The molecule has 0 spiro atoms. The fourth-order valence-corrected chi connectivity index (χ4v) is 5.35. The third-order valence-electron chi connectivity index (χ3n) is 6.96. The van der Waals surface area contributed by atoms with Crippen LogP contribution in [0.1, 0.15) is 49.1 Å². The maximum absolute atomic E-state index is 13.7. The lowest BCUT2D eigenvalue weighted by atomic mass is 9.65. The van der Waals surface area contributed by atoms with Gasteiger partial charge in [-0.3, -0.25) is 0 Å². The highest BCUT2D eigenvalue weighted by atomic mass is 19.1. The van der Waals surface area contributed by atoms with Crippen LogP contribution in [0.2, 0.25) is 0 Å². The minimum Gasteiger partial charge on any atom is -0.384 e. The first-order valence-electron chi connectivity index (χ1n) is 11.1. The van der Waals surface area contributed by atoms with E-state index in [0.29, 0.717) is 0 Å². The molecule has 4 rings (SSSR count). The van der Waals surface area contributed by atoms with Crippen LogP contribution in [0.4, 0.5) is 4.39 Å². The van der Waals surface area contributed by atoms with Gasteiger partial charge in [0.15, 0.2) is 0 Å². The minimum absolute atomic E-state index is 0.0367. The van der Waals surface area contributed by atoms with E-state index in [2.05, 4.69) is 24.3 Å². The molecule has 4 heteroatoms. The summed E-state index contributed by atoms with van der Waals surface area (Å²) in [5.41, 5.74) is 1.03. The van der Waals surface area contributed by atoms with E-state index in [1.165, 1.54) is 29.0 Å². The quantitative estimate of drug-likeness (QED) is 0.783. The normalized spacial score (nSPS) is 22.1. The average molecular weight is 399 g/mol. The zero-order valence-electron chi connectivity index (χ0n) is 17.2. The maximum Gasteiger partial charge on any atom is 0.123 e. The number of hydrogen-bond acceptors (Lipinski definition) is 2. The van der Waals surface area contributed by atoms with Crippen LogP contribution in [0.25, 0.3) is 0 Å². The number of halogens is 1. The van der Waals surface area contributed by atoms with E-state index >= 15 is 0 Å². The Balaban J connectivity index is 1.76. The molecule has 2 aliphatic rings. The van der Waals surface area contributed by atoms with Crippen LogP contribution in [0.5, 0.6) is 0 Å². The summed E-state index contributed by atoms with van der Waals surface area (Å²) in [6.07, 6.45) is 5.59. The summed E-state index contributed by atoms with van der Waals surface area (Å²) in [7, 11) is 0. The summed E-state index contributed by atoms with van der Waals surface area (Å²) in [5, 5.41) is 12.5. The van der Waals surface area contributed by atoms with Crippen LogP contribution >= 0.6 is 0 Å². The molecular weight excluding hydrogens is 365 g/mol. The highest BCUT2D eigenvalue weighted by Crippen LogP contribution is 2.47. The number of ether oxygens (including phenoxy) is 1. The summed E-state index contributed by atoms with van der Waals surface area (Å²) in [5.74, 6) is -0.104. The average Bonchev–Trinajstić information content (AvgIpc) is 2.79. The standard InChI is InChI=1S/C25H32FNO2/c26-23-13-11-22(12-14-23)25(28,21-9-5-2-6-10-21)24(20-7-3-1-4-8-20)19-27-15-17-29-18-16-27/h1,3-4,7-8,11-14,21,24,28H,2,5-6,9-10,15-19H2/p+1/t24-,25+/m0/s1. The Kier molecular flexibility index (Phi) is 6.63. The molecule has 1 aliphatic heterocycles. The second kappa shape index (κ2) is 9.38. The predicted octanol–water partition coefficient (Wildman–Crippen LogP) is 3.29. The summed E-state index contributed by atoms with van der Waals surface area (Å²) >= 11 is 0. The van der Waals surface area contributed by atoms with Gasteiger partial charge in [-0.15, -0.1) is 0 Å². The Hall–Kier alpha value is -1.75. The minimum atomic E-state index is -0.999. The van der Waals surface area contributed by atoms with Gasteiger partial charge in [0, 0.05) is 0 Å². The van der Waals surface area contributed by atoms with Crippen molar-refractivity contribution in [2.75, 3.05) is 32.8 Å². The van der Waals surface area contributed by atoms with E-state index in [9.17, 15) is 9.50 Å². The monoisotopic (exact) mass is 398 g/mol. The molecule has 156 valence electrons. The largest absolute Gasteiger partial charge is 0.384 e.